The van der Waals surface area contributed by atoms with E-state index >= 15 is 0 Å². The number of carbonyl (C=O) groups is 1. The van der Waals surface area contributed by atoms with Crippen molar-refractivity contribution < 1.29 is 4.79 Å². The van der Waals surface area contributed by atoms with Gasteiger partial charge in [0, 0.05) is 25.6 Å². The number of nitrogens with one attached hydrogen (secondary N) is 1. The van der Waals surface area contributed by atoms with Crippen LogP contribution >= 0.6 is 0 Å². The third-order valence-corrected chi connectivity index (χ3v) is 4.94. The minimum Gasteiger partial charge on any atom is -0.353 e. The van der Waals surface area contributed by atoms with E-state index in [0.717, 1.165) is 19.6 Å². The van der Waals surface area contributed by atoms with E-state index < -0.39 is 0 Å². The number of carbonyl (C=O) groups excluding carboxylic acids is 1. The molecule has 3 nitrogen and oxygen atoms in total. The van der Waals surface area contributed by atoms with Crippen molar-refractivity contribution in [1.82, 2.24) is 10.2 Å². The molecule has 112 valence electrons. The van der Waals surface area contributed by atoms with Crippen molar-refractivity contribution >= 4 is 5.91 Å². The topological polar surface area (TPSA) is 32.3 Å². The van der Waals surface area contributed by atoms with Gasteiger partial charge in [0.25, 0.3) is 0 Å². The highest BCUT2D eigenvalue weighted by molar-refractivity contribution is 5.85. The van der Waals surface area contributed by atoms with E-state index in [1.54, 1.807) is 0 Å². The summed E-state index contributed by atoms with van der Waals surface area (Å²) in [6.07, 6.45) is 0. The van der Waals surface area contributed by atoms with Gasteiger partial charge in [-0.3, -0.25) is 9.69 Å². The smallest absolute Gasteiger partial charge is 0.242 e. The van der Waals surface area contributed by atoms with E-state index in [1.165, 1.54) is 22.3 Å². The molecule has 22 heavy (non-hydrogen) atoms. The molecule has 2 atom stereocenters. The van der Waals surface area contributed by atoms with Crippen molar-refractivity contribution in [3.63, 3.8) is 0 Å². The van der Waals surface area contributed by atoms with Crippen LogP contribution in [0.2, 0.25) is 0 Å². The number of hydrogen-bond donors (Lipinski definition) is 1. The van der Waals surface area contributed by atoms with Gasteiger partial charge in [-0.1, -0.05) is 48.5 Å². The van der Waals surface area contributed by atoms with Gasteiger partial charge >= 0.3 is 0 Å². The molecule has 3 heteroatoms. The molecule has 0 aliphatic carbocycles. The Bertz CT molecular complexity index is 711. The van der Waals surface area contributed by atoms with Crippen molar-refractivity contribution in [3.05, 3.63) is 70.8 Å². The fourth-order valence-corrected chi connectivity index (χ4v) is 3.91. The minimum absolute atomic E-state index is 0.120. The number of rotatable bonds is 1. The molecule has 2 heterocycles. The van der Waals surface area contributed by atoms with Crippen LogP contribution in [-0.2, 0) is 4.79 Å². The van der Waals surface area contributed by atoms with Gasteiger partial charge in [-0.25, -0.2) is 0 Å². The zero-order chi connectivity index (χ0) is 15.1. The summed E-state index contributed by atoms with van der Waals surface area (Å²) in [5.74, 6) is 0.492. The van der Waals surface area contributed by atoms with Crippen molar-refractivity contribution in [1.29, 1.82) is 0 Å². The molecule has 4 rings (SSSR count). The van der Waals surface area contributed by atoms with Gasteiger partial charge in [0.2, 0.25) is 5.91 Å². The van der Waals surface area contributed by atoms with Gasteiger partial charge in [-0.05, 0) is 29.2 Å². The Balaban J connectivity index is 1.88. The number of nitrogens with zero attached hydrogens (tertiary/aromatic N) is 1. The molecule has 2 aromatic rings. The van der Waals surface area contributed by atoms with Gasteiger partial charge in [-0.2, -0.15) is 0 Å². The van der Waals surface area contributed by atoms with Crippen molar-refractivity contribution in [3.8, 4) is 0 Å². The molecule has 2 aliphatic rings. The molecule has 0 bridgehead atoms. The highest BCUT2D eigenvalue weighted by atomic mass is 16.2. The second-order valence-corrected chi connectivity index (χ2v) is 6.23. The average Bonchev–Trinajstić information content (AvgIpc) is 2.55. The van der Waals surface area contributed by atoms with Crippen molar-refractivity contribution in [2.45, 2.75) is 18.9 Å². The Morgan fingerprint density at radius 2 is 1.91 bits per heavy atom. The summed E-state index contributed by atoms with van der Waals surface area (Å²) in [6, 6.07) is 16.9. The number of fused-ring (bicyclic) bond motifs is 3. The Hall–Kier alpha value is -2.13. The minimum atomic E-state index is -0.120. The van der Waals surface area contributed by atoms with Gasteiger partial charge in [0.05, 0.1) is 0 Å². The normalized spacial score (nSPS) is 24.3. The molecular formula is C19H20N2O. The molecule has 2 aromatic carbocycles. The van der Waals surface area contributed by atoms with E-state index in [0.29, 0.717) is 5.92 Å². The maximum atomic E-state index is 12.4. The van der Waals surface area contributed by atoms with Gasteiger partial charge in [0.15, 0.2) is 0 Å². The summed E-state index contributed by atoms with van der Waals surface area (Å²) >= 11 is 0. The van der Waals surface area contributed by atoms with Gasteiger partial charge in [0.1, 0.15) is 6.04 Å². The monoisotopic (exact) mass is 292 g/mol. The van der Waals surface area contributed by atoms with Crippen molar-refractivity contribution in [2.24, 2.45) is 0 Å². The average molecular weight is 292 g/mol. The SMILES string of the molecule is Cc1cccc2c1[C@@H]1C(=O)NCCN1C[C@H]2c1ccccc1. The maximum Gasteiger partial charge on any atom is 0.242 e. The zero-order valence-corrected chi connectivity index (χ0v) is 12.8. The van der Waals surface area contributed by atoms with Crippen LogP contribution in [0.4, 0.5) is 0 Å². The number of piperazine rings is 1. The van der Waals surface area contributed by atoms with Crippen LogP contribution in [0.3, 0.4) is 0 Å². The van der Waals surface area contributed by atoms with Gasteiger partial charge in [-0.15, -0.1) is 0 Å². The quantitative estimate of drug-likeness (QED) is 0.876. The van der Waals surface area contributed by atoms with E-state index in [2.05, 4.69) is 65.7 Å². The van der Waals surface area contributed by atoms with E-state index in [-0.39, 0.29) is 11.9 Å². The maximum absolute atomic E-state index is 12.4. The molecule has 0 unspecified atom stereocenters. The van der Waals surface area contributed by atoms with Gasteiger partial charge < -0.3 is 5.32 Å². The summed E-state index contributed by atoms with van der Waals surface area (Å²) < 4.78 is 0. The van der Waals surface area contributed by atoms with Crippen LogP contribution in [0.1, 0.15) is 34.2 Å². The zero-order valence-electron chi connectivity index (χ0n) is 12.8. The Morgan fingerprint density at radius 1 is 1.09 bits per heavy atom. The molecule has 0 radical (unpaired) electrons. The summed E-state index contributed by atoms with van der Waals surface area (Å²) in [4.78, 5) is 14.8. The first kappa shape index (κ1) is 13.5. The highest BCUT2D eigenvalue weighted by Crippen LogP contribution is 2.41. The highest BCUT2D eigenvalue weighted by Gasteiger charge is 2.40. The van der Waals surface area contributed by atoms with Crippen LogP contribution in [0, 0.1) is 6.92 Å². The van der Waals surface area contributed by atoms with E-state index in [9.17, 15) is 4.79 Å². The molecule has 1 N–H and O–H groups in total. The molecule has 1 amide bonds. The summed E-state index contributed by atoms with van der Waals surface area (Å²) in [5.41, 5.74) is 5.06. The molecule has 1 saturated heterocycles. The number of benzene rings is 2. The molecule has 0 saturated carbocycles. The van der Waals surface area contributed by atoms with E-state index in [4.69, 9.17) is 0 Å². The lowest BCUT2D eigenvalue weighted by Gasteiger charge is -2.43. The third-order valence-electron chi connectivity index (χ3n) is 4.94. The summed E-state index contributed by atoms with van der Waals surface area (Å²) in [7, 11) is 0. The fourth-order valence-electron chi connectivity index (χ4n) is 3.91. The predicted octanol–water partition coefficient (Wildman–Crippen LogP) is 2.61. The van der Waals surface area contributed by atoms with E-state index in [1.807, 2.05) is 0 Å². The molecule has 2 aliphatic heterocycles. The second kappa shape index (κ2) is 5.25. The third kappa shape index (κ3) is 2.04. The molecule has 0 aromatic heterocycles. The first-order chi connectivity index (χ1) is 10.8. The lowest BCUT2D eigenvalue weighted by Crippen LogP contribution is -2.53. The lowest BCUT2D eigenvalue weighted by atomic mass is 9.79. The van der Waals surface area contributed by atoms with Crippen molar-refractivity contribution in [2.75, 3.05) is 19.6 Å². The Labute approximate surface area is 131 Å². The largest absolute Gasteiger partial charge is 0.353 e. The molecule has 1 fully saturated rings. The lowest BCUT2D eigenvalue weighted by molar-refractivity contribution is -0.129. The van der Waals surface area contributed by atoms with Crippen LogP contribution < -0.4 is 5.32 Å². The molecular weight excluding hydrogens is 272 g/mol. The van der Waals surface area contributed by atoms with Crippen LogP contribution in [-0.4, -0.2) is 30.4 Å². The Kier molecular flexibility index (Phi) is 3.23. The van der Waals surface area contributed by atoms with Crippen LogP contribution in [0.25, 0.3) is 0 Å². The number of aryl methyl sites for hydroxylation is 1. The van der Waals surface area contributed by atoms with Crippen LogP contribution in [0.15, 0.2) is 48.5 Å². The first-order valence-corrected chi connectivity index (χ1v) is 7.92. The number of hydrogen-bond acceptors (Lipinski definition) is 2. The predicted molar refractivity (Wildman–Crippen MR) is 86.8 cm³/mol. The summed E-state index contributed by atoms with van der Waals surface area (Å²) in [6.45, 7) is 4.70. The standard InChI is InChI=1S/C19H20N2O/c1-13-6-5-9-15-16(14-7-3-2-4-8-14)12-21-11-10-20-19(22)18(21)17(13)15/h2-9,16,18H,10-12H2,1H3,(H,20,22)/t16-,18+/m0/s1. The second-order valence-electron chi connectivity index (χ2n) is 6.23. The Morgan fingerprint density at radius 3 is 2.73 bits per heavy atom. The van der Waals surface area contributed by atoms with Crippen LogP contribution in [0.5, 0.6) is 0 Å². The first-order valence-electron chi connectivity index (χ1n) is 7.92. The summed E-state index contributed by atoms with van der Waals surface area (Å²) in [5, 5.41) is 3.02. The number of amides is 1. The molecule has 0 spiro atoms. The fraction of sp³-hybridized carbons (Fsp3) is 0.316.